The predicted molar refractivity (Wildman–Crippen MR) is 586 cm³/mol. The summed E-state index contributed by atoms with van der Waals surface area (Å²) in [4.78, 5) is 138. The molecular weight excluding hydrogens is 1880 g/mol. The van der Waals surface area contributed by atoms with Crippen LogP contribution < -0.4 is 81.7 Å². The van der Waals surface area contributed by atoms with Crippen LogP contribution in [0.15, 0.2) is 176 Å². The highest BCUT2D eigenvalue weighted by atomic mass is 79.9. The number of hydrogen-bond donors (Lipinski definition) is 8. The lowest BCUT2D eigenvalue weighted by atomic mass is 10.1. The van der Waals surface area contributed by atoms with E-state index < -0.39 is 0 Å². The molecular formula is C105H133BrClN27O8. The highest BCUT2D eigenvalue weighted by molar-refractivity contribution is 9.10. The summed E-state index contributed by atoms with van der Waals surface area (Å²) in [5.74, 6) is 6.96. The van der Waals surface area contributed by atoms with Crippen molar-refractivity contribution >= 4 is 160 Å². The summed E-state index contributed by atoms with van der Waals surface area (Å²) >= 11 is 9.45. The molecule has 0 bridgehead atoms. The Bertz CT molecular complexity index is 7780. The first kappa shape index (κ1) is 108. The minimum absolute atomic E-state index is 0.00217. The minimum Gasteiger partial charge on any atom is -0.387 e. The molecule has 37 heteroatoms. The molecule has 2 fully saturated rings. The third-order valence-electron chi connectivity index (χ3n) is 25.2. The van der Waals surface area contributed by atoms with E-state index in [9.17, 15) is 38.4 Å². The number of likely N-dealkylation sites (tertiary alicyclic amines) is 1. The van der Waals surface area contributed by atoms with Crippen molar-refractivity contribution in [1.29, 1.82) is 5.41 Å². The van der Waals surface area contributed by atoms with Gasteiger partial charge in [0.1, 0.15) is 52.4 Å². The van der Waals surface area contributed by atoms with E-state index in [1.165, 1.54) is 54.3 Å². The number of aromatic nitrogens is 16. The molecule has 1 aliphatic heterocycles. The van der Waals surface area contributed by atoms with Crippen molar-refractivity contribution in [2.45, 2.75) is 108 Å². The zero-order valence-corrected chi connectivity index (χ0v) is 88.2. The molecule has 8 aromatic carbocycles. The molecule has 750 valence electrons. The standard InChI is InChI=1S/C17H24N4O.C14H20N4O.C14H17N3O.C13H16N4O.C13H17N3O.C12H15N3O.C11H12BrN3O.C11H12ClN3O/c1-13-19-16-12-14(6-7-15(16)17(22)20(13)2)18-8-11-21-9-4-3-5-10-21;1-10-16-13-9-11(15-7-8-17(2)3)5-6-12(13)14(19)18(10)4;1-9-16-13-7-11(15-8-10-3-4-10)5-6-12(13)14(18)17(9)2;1-8-15-11-7-9(12(14)16(2)3)5-6-10(11)13(18)17(8)4;1-4-7-14-10-5-6-11-12(8-10)15-9(2)16(3)13(11)17;1-4-13-9-5-6-10-11(7-9)14-8(2)15(3)12(10)16;2*1-6-14-9-5-10(13-2)8(12)4-7(9)11(16)15(6)3/h6-7,12,18H,3-5,8-11H2,1-2H3;5-6,9,15H,7-8H2,1-4H3;5-7,10,15H,3-4,8H2,1-2H3;5-7,14H,1-4H3;5-6,8,14H,4,7H2,1-3H3;5-7,13H,4H2,1-3H3;2*4-5,13H,1-3H3. The molecule has 8 aromatic heterocycles. The van der Waals surface area contributed by atoms with E-state index in [-0.39, 0.29) is 44.5 Å². The Labute approximate surface area is 838 Å². The molecule has 18 rings (SSSR count). The van der Waals surface area contributed by atoms with Gasteiger partial charge in [-0.1, -0.05) is 31.0 Å². The van der Waals surface area contributed by atoms with Crippen molar-refractivity contribution < 1.29 is 0 Å². The molecule has 0 radical (unpaired) electrons. The van der Waals surface area contributed by atoms with Gasteiger partial charge in [0, 0.05) is 169 Å². The van der Waals surface area contributed by atoms with E-state index in [4.69, 9.17) is 17.0 Å². The summed E-state index contributed by atoms with van der Waals surface area (Å²) < 4.78 is 13.3. The Kier molecular flexibility index (Phi) is 37.0. The third kappa shape index (κ3) is 26.6. The SMILES string of the molecule is CCCNc1ccc2c(=O)n(C)c(C)nc2c1.CCNc1ccc2c(=O)n(C)c(C)nc2c1.CNc1cc2nc(C)n(C)c(=O)c2cc1Br.CNc1cc2nc(C)n(C)c(=O)c2cc1Cl.Cc1nc2cc(C(=N)N(C)C)ccc2c(=O)n1C.Cc1nc2cc(NCC3CC3)ccc2c(=O)n1C.Cc1nc2cc(NCCN(C)C)ccc2c(=O)n1C.Cc1nc2cc(NCCN3CCCCC3)ccc2c(=O)n1C. The van der Waals surface area contributed by atoms with E-state index in [1.54, 1.807) is 146 Å². The van der Waals surface area contributed by atoms with Gasteiger partial charge >= 0.3 is 0 Å². The number of rotatable bonds is 19. The van der Waals surface area contributed by atoms with Crippen molar-refractivity contribution in [2.75, 3.05) is 138 Å². The first-order valence-corrected chi connectivity index (χ1v) is 48.6. The van der Waals surface area contributed by atoms with Crippen molar-refractivity contribution in [3.8, 4) is 0 Å². The zero-order valence-electron chi connectivity index (χ0n) is 85.9. The van der Waals surface area contributed by atoms with Gasteiger partial charge in [0.25, 0.3) is 44.5 Å². The van der Waals surface area contributed by atoms with Gasteiger partial charge in [-0.05, 0) is 271 Å². The van der Waals surface area contributed by atoms with Crippen molar-refractivity contribution in [2.24, 2.45) is 62.3 Å². The molecule has 0 amide bonds. The summed E-state index contributed by atoms with van der Waals surface area (Å²) in [6.07, 6.45) is 7.75. The van der Waals surface area contributed by atoms with Gasteiger partial charge in [0.15, 0.2) is 0 Å². The summed E-state index contributed by atoms with van der Waals surface area (Å²) in [5.41, 5.74) is 13.2. The van der Waals surface area contributed by atoms with Crippen LogP contribution in [-0.4, -0.2) is 198 Å². The molecule has 35 nitrogen and oxygen atoms in total. The Morgan fingerprint density at radius 2 is 0.669 bits per heavy atom. The molecule has 8 N–H and O–H groups in total. The van der Waals surface area contributed by atoms with Crippen molar-refractivity contribution in [3.63, 3.8) is 0 Å². The molecule has 2 aliphatic rings. The monoisotopic (exact) mass is 2010 g/mol. The van der Waals surface area contributed by atoms with Gasteiger partial charge in [-0.2, -0.15) is 0 Å². The Balaban J connectivity index is 0.000000155. The Hall–Kier alpha value is -14.4. The van der Waals surface area contributed by atoms with Crippen LogP contribution in [0.5, 0.6) is 0 Å². The first-order valence-electron chi connectivity index (χ1n) is 47.4. The third-order valence-corrected chi connectivity index (χ3v) is 26.2. The van der Waals surface area contributed by atoms with Gasteiger partial charge in [-0.15, -0.1) is 0 Å². The number of nitrogens with zero attached hydrogens (tertiary/aromatic N) is 19. The quantitative estimate of drug-likeness (QED) is 0.0275. The van der Waals surface area contributed by atoms with Crippen LogP contribution in [-0.2, 0) is 56.4 Å². The fraction of sp³-hybridized carbons (Fsp3) is 0.381. The van der Waals surface area contributed by atoms with Crippen LogP contribution in [0.4, 0.5) is 39.8 Å². The highest BCUT2D eigenvalue weighted by Crippen LogP contribution is 2.31. The average Bonchev–Trinajstić information content (AvgIpc) is 1.26. The van der Waals surface area contributed by atoms with Crippen LogP contribution >= 0.6 is 27.5 Å². The number of hydrogen-bond acceptors (Lipinski definition) is 26. The van der Waals surface area contributed by atoms with Crippen LogP contribution in [0.1, 0.15) is 105 Å². The molecule has 1 saturated carbocycles. The van der Waals surface area contributed by atoms with Gasteiger partial charge < -0.3 is 51.9 Å². The lowest BCUT2D eigenvalue weighted by Gasteiger charge is -2.26. The van der Waals surface area contributed by atoms with Crippen molar-refractivity contribution in [1.82, 2.24) is 91.1 Å². The number of anilines is 7. The first-order chi connectivity index (χ1) is 67.5. The summed E-state index contributed by atoms with van der Waals surface area (Å²) in [6.45, 7) is 27.9. The fourth-order valence-corrected chi connectivity index (χ4v) is 16.3. The van der Waals surface area contributed by atoms with E-state index in [0.717, 1.165) is 165 Å². The molecule has 142 heavy (non-hydrogen) atoms. The van der Waals surface area contributed by atoms with Gasteiger partial charge in [0.05, 0.1) is 104 Å². The average molecular weight is 2020 g/mol. The van der Waals surface area contributed by atoms with Crippen LogP contribution in [0, 0.1) is 66.7 Å². The number of aryl methyl sites for hydroxylation is 8. The summed E-state index contributed by atoms with van der Waals surface area (Å²) in [5, 5.41) is 36.2. The number of amidine groups is 1. The summed E-state index contributed by atoms with van der Waals surface area (Å²) in [6, 6.07) is 41.0. The molecule has 1 saturated heterocycles. The van der Waals surface area contributed by atoms with Gasteiger partial charge in [-0.3, -0.25) is 80.3 Å². The second kappa shape index (κ2) is 48.7. The number of likely N-dealkylation sites (N-methyl/N-ethyl adjacent to an activating group) is 1. The van der Waals surface area contributed by atoms with E-state index in [2.05, 4.69) is 110 Å². The zero-order chi connectivity index (χ0) is 104. The smallest absolute Gasteiger partial charge is 0.261 e. The number of halogens is 2. The normalized spacial score (nSPS) is 12.2. The minimum atomic E-state index is -0.0768. The number of benzene rings is 8. The van der Waals surface area contributed by atoms with E-state index in [1.807, 2.05) is 181 Å². The Morgan fingerprint density at radius 1 is 0.373 bits per heavy atom. The highest BCUT2D eigenvalue weighted by Gasteiger charge is 2.22. The topological polar surface area (TPSA) is 397 Å². The lowest BCUT2D eigenvalue weighted by Crippen LogP contribution is -2.33. The molecule has 0 spiro atoms. The van der Waals surface area contributed by atoms with Gasteiger partial charge in [0.2, 0.25) is 0 Å². The molecule has 1 aliphatic carbocycles. The second-order valence-electron chi connectivity index (χ2n) is 35.9. The maximum absolute atomic E-state index is 12.2. The Morgan fingerprint density at radius 3 is 0.993 bits per heavy atom. The fourth-order valence-electron chi connectivity index (χ4n) is 15.5. The van der Waals surface area contributed by atoms with E-state index >= 15 is 0 Å². The predicted octanol–water partition coefficient (Wildman–Crippen LogP) is 14.3. The molecule has 16 aromatic rings. The molecule has 0 atom stereocenters. The molecule has 9 heterocycles. The lowest BCUT2D eigenvalue weighted by molar-refractivity contribution is 0.237. The molecule has 0 unspecified atom stereocenters. The number of nitrogens with one attached hydrogen (secondary N) is 8. The largest absolute Gasteiger partial charge is 0.387 e. The second-order valence-corrected chi connectivity index (χ2v) is 37.1. The number of fused-ring (bicyclic) bond motifs is 8. The van der Waals surface area contributed by atoms with Crippen LogP contribution in [0.2, 0.25) is 5.02 Å². The maximum Gasteiger partial charge on any atom is 0.261 e. The summed E-state index contributed by atoms with van der Waals surface area (Å²) in [7, 11) is 25.2. The van der Waals surface area contributed by atoms with Crippen LogP contribution in [0.25, 0.3) is 87.2 Å². The van der Waals surface area contributed by atoms with Crippen LogP contribution in [0.3, 0.4) is 0 Å². The maximum atomic E-state index is 12.2. The van der Waals surface area contributed by atoms with Gasteiger partial charge in [-0.25, -0.2) is 39.9 Å². The number of piperidine rings is 1. The van der Waals surface area contributed by atoms with Crippen molar-refractivity contribution in [3.05, 3.63) is 278 Å². The van der Waals surface area contributed by atoms with E-state index in [0.29, 0.717) is 88.0 Å².